The number of pyridine rings is 1. The predicted molar refractivity (Wildman–Crippen MR) is 86.4 cm³/mol. The van der Waals surface area contributed by atoms with E-state index in [4.69, 9.17) is 4.74 Å². The molecule has 1 aromatic heterocycles. The highest BCUT2D eigenvalue weighted by molar-refractivity contribution is 5.81. The Hall–Kier alpha value is -1.46. The molecule has 2 rings (SSSR count). The Balaban J connectivity index is 2.07. The number of rotatable bonds is 6. The number of carbonyl (C=O) groups excluding carboxylic acids is 1. The molecule has 1 aliphatic rings. The van der Waals surface area contributed by atoms with Gasteiger partial charge in [-0.1, -0.05) is 18.9 Å². The van der Waals surface area contributed by atoms with E-state index in [0.717, 1.165) is 25.1 Å². The van der Waals surface area contributed by atoms with Crippen LogP contribution in [-0.2, 0) is 16.1 Å². The highest BCUT2D eigenvalue weighted by Gasteiger charge is 2.28. The number of carbonyl (C=O) groups is 1. The van der Waals surface area contributed by atoms with Gasteiger partial charge in [0, 0.05) is 19.9 Å². The fourth-order valence-electron chi connectivity index (χ4n) is 2.93. The molecular formula is C17H27N3O2. The zero-order chi connectivity index (χ0) is 15.8. The number of aromatic nitrogens is 1. The van der Waals surface area contributed by atoms with Gasteiger partial charge in [0.2, 0.25) is 5.91 Å². The van der Waals surface area contributed by atoms with E-state index >= 15 is 0 Å². The molecule has 22 heavy (non-hydrogen) atoms. The van der Waals surface area contributed by atoms with Gasteiger partial charge in [0.25, 0.3) is 0 Å². The average Bonchev–Trinajstić information content (AvgIpc) is 2.76. The summed E-state index contributed by atoms with van der Waals surface area (Å²) in [4.78, 5) is 21.4. The molecule has 5 nitrogen and oxygen atoms in total. The number of amides is 1. The summed E-state index contributed by atoms with van der Waals surface area (Å²) < 4.78 is 5.17. The topological polar surface area (TPSA) is 45.7 Å². The van der Waals surface area contributed by atoms with Crippen molar-refractivity contribution in [3.05, 3.63) is 30.1 Å². The fourth-order valence-corrected chi connectivity index (χ4v) is 2.93. The summed E-state index contributed by atoms with van der Waals surface area (Å²) in [6.07, 6.45) is 6.24. The third-order valence-electron chi connectivity index (χ3n) is 4.26. The molecular weight excluding hydrogens is 278 g/mol. The lowest BCUT2D eigenvalue weighted by atomic mass is 10.1. The molecule has 0 aromatic carbocycles. The highest BCUT2D eigenvalue weighted by atomic mass is 16.5. The minimum absolute atomic E-state index is 0.0110. The van der Waals surface area contributed by atoms with Crippen LogP contribution in [0.2, 0.25) is 0 Å². The Morgan fingerprint density at radius 1 is 1.41 bits per heavy atom. The first-order chi connectivity index (χ1) is 10.7. The van der Waals surface area contributed by atoms with Crippen LogP contribution in [0, 0.1) is 0 Å². The van der Waals surface area contributed by atoms with Crippen LogP contribution < -0.4 is 0 Å². The minimum Gasteiger partial charge on any atom is -0.383 e. The van der Waals surface area contributed by atoms with Crippen LogP contribution in [0.15, 0.2) is 24.4 Å². The van der Waals surface area contributed by atoms with Crippen LogP contribution in [-0.4, -0.2) is 60.6 Å². The van der Waals surface area contributed by atoms with Gasteiger partial charge in [-0.3, -0.25) is 14.7 Å². The summed E-state index contributed by atoms with van der Waals surface area (Å²) >= 11 is 0. The lowest BCUT2D eigenvalue weighted by Gasteiger charge is -2.31. The fraction of sp³-hybridized carbons (Fsp3) is 0.647. The maximum Gasteiger partial charge on any atom is 0.240 e. The molecule has 0 spiro atoms. The number of nitrogens with zero attached hydrogens (tertiary/aromatic N) is 3. The Labute approximate surface area is 133 Å². The van der Waals surface area contributed by atoms with Crippen LogP contribution >= 0.6 is 0 Å². The zero-order valence-corrected chi connectivity index (χ0v) is 13.7. The SMILES string of the molecule is COCCN(Cc1ccccn1)C(=O)[C@@H]1CCCCCN1C. The maximum absolute atomic E-state index is 13.0. The molecule has 1 aromatic rings. The van der Waals surface area contributed by atoms with Gasteiger partial charge in [-0.25, -0.2) is 0 Å². The molecule has 0 unspecified atom stereocenters. The quantitative estimate of drug-likeness (QED) is 0.805. The highest BCUT2D eigenvalue weighted by Crippen LogP contribution is 2.18. The van der Waals surface area contributed by atoms with Crippen LogP contribution in [0.1, 0.15) is 31.4 Å². The van der Waals surface area contributed by atoms with Gasteiger partial charge in [0.05, 0.1) is 24.9 Å². The van der Waals surface area contributed by atoms with Gasteiger partial charge in [-0.15, -0.1) is 0 Å². The van der Waals surface area contributed by atoms with E-state index in [9.17, 15) is 4.79 Å². The summed E-state index contributed by atoms with van der Waals surface area (Å²) in [7, 11) is 3.73. The van der Waals surface area contributed by atoms with Crippen LogP contribution in [0.5, 0.6) is 0 Å². The van der Waals surface area contributed by atoms with Crippen LogP contribution in [0.3, 0.4) is 0 Å². The van der Waals surface area contributed by atoms with Crippen LogP contribution in [0.4, 0.5) is 0 Å². The van der Waals surface area contributed by atoms with E-state index in [1.807, 2.05) is 23.1 Å². The van der Waals surface area contributed by atoms with Crippen molar-refractivity contribution in [2.75, 3.05) is 33.9 Å². The first-order valence-electron chi connectivity index (χ1n) is 8.10. The molecule has 0 aliphatic carbocycles. The number of likely N-dealkylation sites (tertiary alicyclic amines) is 1. The van der Waals surface area contributed by atoms with Gasteiger partial charge >= 0.3 is 0 Å². The molecule has 1 amide bonds. The summed E-state index contributed by atoms with van der Waals surface area (Å²) in [5.41, 5.74) is 0.920. The summed E-state index contributed by atoms with van der Waals surface area (Å²) in [6.45, 7) is 2.71. The molecule has 1 saturated heterocycles. The van der Waals surface area contributed by atoms with Crippen molar-refractivity contribution in [2.45, 2.75) is 38.3 Å². The Morgan fingerprint density at radius 3 is 3.00 bits per heavy atom. The zero-order valence-electron chi connectivity index (χ0n) is 13.7. The third kappa shape index (κ3) is 4.78. The summed E-state index contributed by atoms with van der Waals surface area (Å²) in [6, 6.07) is 5.80. The van der Waals surface area contributed by atoms with Crippen LogP contribution in [0.25, 0.3) is 0 Å². The van der Waals surface area contributed by atoms with E-state index in [0.29, 0.717) is 19.7 Å². The monoisotopic (exact) mass is 305 g/mol. The number of hydrogen-bond donors (Lipinski definition) is 0. The second-order valence-electron chi connectivity index (χ2n) is 5.92. The van der Waals surface area contributed by atoms with Crippen molar-refractivity contribution in [2.24, 2.45) is 0 Å². The smallest absolute Gasteiger partial charge is 0.240 e. The normalized spacial score (nSPS) is 19.6. The largest absolute Gasteiger partial charge is 0.383 e. The van der Waals surface area contributed by atoms with Crippen molar-refractivity contribution < 1.29 is 9.53 Å². The molecule has 1 aliphatic heterocycles. The third-order valence-corrected chi connectivity index (χ3v) is 4.26. The first kappa shape index (κ1) is 16.9. The summed E-state index contributed by atoms with van der Waals surface area (Å²) in [5, 5.41) is 0. The molecule has 0 N–H and O–H groups in total. The van der Waals surface area contributed by atoms with E-state index in [1.54, 1.807) is 13.3 Å². The second kappa shape index (κ2) is 8.86. The van der Waals surface area contributed by atoms with Crippen molar-refractivity contribution in [1.82, 2.24) is 14.8 Å². The molecule has 0 bridgehead atoms. The van der Waals surface area contributed by atoms with Gasteiger partial charge in [0.15, 0.2) is 0 Å². The second-order valence-corrected chi connectivity index (χ2v) is 5.92. The van der Waals surface area contributed by atoms with E-state index in [2.05, 4.69) is 16.9 Å². The van der Waals surface area contributed by atoms with Crippen molar-refractivity contribution in [3.8, 4) is 0 Å². The number of ether oxygens (including phenoxy) is 1. The Kier molecular flexibility index (Phi) is 6.80. The summed E-state index contributed by atoms with van der Waals surface area (Å²) in [5.74, 6) is 0.201. The average molecular weight is 305 g/mol. The standard InChI is InChI=1S/C17H27N3O2/c1-19-11-7-3-4-9-16(19)17(21)20(12-13-22-2)14-15-8-5-6-10-18-15/h5-6,8,10,16H,3-4,7,9,11-14H2,1-2H3/t16-/m0/s1. The molecule has 1 fully saturated rings. The molecule has 122 valence electrons. The molecule has 1 atom stereocenters. The number of likely N-dealkylation sites (N-methyl/N-ethyl adjacent to an activating group) is 1. The maximum atomic E-state index is 13.0. The van der Waals surface area contributed by atoms with E-state index in [1.165, 1.54) is 12.8 Å². The van der Waals surface area contributed by atoms with Crippen molar-refractivity contribution >= 4 is 5.91 Å². The van der Waals surface area contributed by atoms with Gasteiger partial charge < -0.3 is 9.64 Å². The number of methoxy groups -OCH3 is 1. The predicted octanol–water partition coefficient (Wildman–Crippen LogP) is 1.93. The van der Waals surface area contributed by atoms with Gasteiger partial charge in [0.1, 0.15) is 0 Å². The molecule has 0 saturated carbocycles. The van der Waals surface area contributed by atoms with Crippen molar-refractivity contribution in [3.63, 3.8) is 0 Å². The van der Waals surface area contributed by atoms with Crippen molar-refractivity contribution in [1.29, 1.82) is 0 Å². The molecule has 2 heterocycles. The minimum atomic E-state index is -0.0110. The van der Waals surface area contributed by atoms with Gasteiger partial charge in [-0.2, -0.15) is 0 Å². The molecule has 5 heteroatoms. The van der Waals surface area contributed by atoms with E-state index in [-0.39, 0.29) is 11.9 Å². The van der Waals surface area contributed by atoms with Gasteiger partial charge in [-0.05, 0) is 38.6 Å². The first-order valence-corrected chi connectivity index (χ1v) is 8.10. The number of hydrogen-bond acceptors (Lipinski definition) is 4. The lowest BCUT2D eigenvalue weighted by molar-refractivity contribution is -0.138. The molecule has 0 radical (unpaired) electrons. The lowest BCUT2D eigenvalue weighted by Crippen LogP contribution is -2.47. The Morgan fingerprint density at radius 2 is 2.27 bits per heavy atom. The van der Waals surface area contributed by atoms with E-state index < -0.39 is 0 Å². The Bertz CT molecular complexity index is 452.